The van der Waals surface area contributed by atoms with Gasteiger partial charge in [0.25, 0.3) is 5.89 Å². The van der Waals surface area contributed by atoms with Gasteiger partial charge in [-0.1, -0.05) is 19.3 Å². The number of furan rings is 1. The number of hydrogen-bond acceptors (Lipinski definition) is 5. The van der Waals surface area contributed by atoms with Gasteiger partial charge in [-0.15, -0.1) is 5.10 Å². The number of carbonyl (C=O) groups is 1. The lowest BCUT2D eigenvalue weighted by Crippen LogP contribution is -2.43. The van der Waals surface area contributed by atoms with Crippen molar-refractivity contribution in [3.63, 3.8) is 0 Å². The fourth-order valence-electron chi connectivity index (χ4n) is 3.16. The Bertz CT molecular complexity index is 695. The molecule has 23 heavy (non-hydrogen) atoms. The monoisotopic (exact) mass is 319 g/mol. The SMILES string of the molecule is CCN(C(=O)Cn1nc(-c2ccco2)oc1=O)C1CCCCC1. The number of amides is 1. The van der Waals surface area contributed by atoms with Gasteiger partial charge >= 0.3 is 5.76 Å². The van der Waals surface area contributed by atoms with Crippen LogP contribution in [0, 0.1) is 0 Å². The molecule has 0 bridgehead atoms. The molecule has 0 saturated heterocycles. The summed E-state index contributed by atoms with van der Waals surface area (Å²) < 4.78 is 11.3. The molecule has 1 amide bonds. The first kappa shape index (κ1) is 15.6. The van der Waals surface area contributed by atoms with Crippen LogP contribution in [0.5, 0.6) is 0 Å². The van der Waals surface area contributed by atoms with Gasteiger partial charge in [-0.25, -0.2) is 4.79 Å². The van der Waals surface area contributed by atoms with Crippen LogP contribution < -0.4 is 5.76 Å². The van der Waals surface area contributed by atoms with E-state index in [0.29, 0.717) is 12.3 Å². The first-order valence-electron chi connectivity index (χ1n) is 8.10. The van der Waals surface area contributed by atoms with Crippen molar-refractivity contribution < 1.29 is 13.6 Å². The molecule has 1 aliphatic rings. The second-order valence-corrected chi connectivity index (χ2v) is 5.78. The zero-order chi connectivity index (χ0) is 16.2. The minimum absolute atomic E-state index is 0.0912. The van der Waals surface area contributed by atoms with Crippen molar-refractivity contribution in [1.82, 2.24) is 14.7 Å². The lowest BCUT2D eigenvalue weighted by molar-refractivity contribution is -0.134. The van der Waals surface area contributed by atoms with Gasteiger partial charge in [-0.3, -0.25) is 4.79 Å². The van der Waals surface area contributed by atoms with Gasteiger partial charge in [0.2, 0.25) is 5.91 Å². The van der Waals surface area contributed by atoms with Crippen molar-refractivity contribution in [1.29, 1.82) is 0 Å². The van der Waals surface area contributed by atoms with Crippen molar-refractivity contribution in [2.75, 3.05) is 6.54 Å². The Labute approximate surface area is 133 Å². The van der Waals surface area contributed by atoms with Crippen LogP contribution in [-0.4, -0.2) is 33.2 Å². The summed E-state index contributed by atoms with van der Waals surface area (Å²) in [5, 5.41) is 4.05. The number of hydrogen-bond donors (Lipinski definition) is 0. The Morgan fingerprint density at radius 2 is 2.17 bits per heavy atom. The predicted molar refractivity (Wildman–Crippen MR) is 82.7 cm³/mol. The van der Waals surface area contributed by atoms with Crippen molar-refractivity contribution in [3.05, 3.63) is 28.9 Å². The topological polar surface area (TPSA) is 81.5 Å². The smallest absolute Gasteiger partial charge is 0.437 e. The van der Waals surface area contributed by atoms with Gasteiger partial charge in [0, 0.05) is 12.6 Å². The largest absolute Gasteiger partial charge is 0.459 e. The lowest BCUT2D eigenvalue weighted by atomic mass is 9.94. The summed E-state index contributed by atoms with van der Waals surface area (Å²) in [6.45, 7) is 2.50. The summed E-state index contributed by atoms with van der Waals surface area (Å²) in [5.41, 5.74) is 0. The van der Waals surface area contributed by atoms with Gasteiger partial charge in [-0.05, 0) is 31.9 Å². The van der Waals surface area contributed by atoms with Crippen molar-refractivity contribution in [3.8, 4) is 11.7 Å². The molecule has 1 aliphatic carbocycles. The number of aromatic nitrogens is 2. The fourth-order valence-corrected chi connectivity index (χ4v) is 3.16. The molecule has 1 saturated carbocycles. The van der Waals surface area contributed by atoms with Crippen LogP contribution in [-0.2, 0) is 11.3 Å². The molecule has 0 atom stereocenters. The van der Waals surface area contributed by atoms with E-state index < -0.39 is 5.76 Å². The number of nitrogens with zero attached hydrogens (tertiary/aromatic N) is 3. The lowest BCUT2D eigenvalue weighted by Gasteiger charge is -2.33. The molecule has 2 aromatic rings. The van der Waals surface area contributed by atoms with Crippen molar-refractivity contribution in [2.45, 2.75) is 51.6 Å². The van der Waals surface area contributed by atoms with Gasteiger partial charge in [0.1, 0.15) is 6.54 Å². The highest BCUT2D eigenvalue weighted by molar-refractivity contribution is 5.76. The zero-order valence-electron chi connectivity index (χ0n) is 13.2. The van der Waals surface area contributed by atoms with Crippen LogP contribution in [0.3, 0.4) is 0 Å². The van der Waals surface area contributed by atoms with E-state index in [1.54, 1.807) is 12.1 Å². The number of carbonyl (C=O) groups excluding carboxylic acids is 1. The Morgan fingerprint density at radius 1 is 1.39 bits per heavy atom. The second kappa shape index (κ2) is 6.85. The second-order valence-electron chi connectivity index (χ2n) is 5.78. The Kier molecular flexibility index (Phi) is 4.64. The zero-order valence-corrected chi connectivity index (χ0v) is 13.2. The molecule has 7 nitrogen and oxygen atoms in total. The average molecular weight is 319 g/mol. The van der Waals surface area contributed by atoms with Gasteiger partial charge < -0.3 is 13.7 Å². The molecular weight excluding hydrogens is 298 g/mol. The highest BCUT2D eigenvalue weighted by Gasteiger charge is 2.25. The van der Waals surface area contributed by atoms with E-state index in [1.165, 1.54) is 12.7 Å². The maximum Gasteiger partial charge on any atom is 0.437 e. The van der Waals surface area contributed by atoms with Crippen LogP contribution in [0.2, 0.25) is 0 Å². The third kappa shape index (κ3) is 3.38. The summed E-state index contributed by atoms with van der Waals surface area (Å²) in [4.78, 5) is 26.3. The standard InChI is InChI=1S/C16H21N3O4/c1-2-18(12-7-4-3-5-8-12)14(20)11-19-16(21)23-15(17-19)13-9-6-10-22-13/h6,9-10,12H,2-5,7-8,11H2,1H3. The summed E-state index contributed by atoms with van der Waals surface area (Å²) in [5.74, 6) is -0.285. The van der Waals surface area contributed by atoms with E-state index in [9.17, 15) is 9.59 Å². The normalized spacial score (nSPS) is 15.7. The Balaban J connectivity index is 1.73. The van der Waals surface area contributed by atoms with E-state index in [1.807, 2.05) is 11.8 Å². The quantitative estimate of drug-likeness (QED) is 0.844. The molecule has 0 aliphatic heterocycles. The van der Waals surface area contributed by atoms with E-state index in [-0.39, 0.29) is 24.4 Å². The Hall–Kier alpha value is -2.31. The van der Waals surface area contributed by atoms with Crippen LogP contribution in [0.1, 0.15) is 39.0 Å². The molecule has 7 heteroatoms. The van der Waals surface area contributed by atoms with Gasteiger partial charge in [0.05, 0.1) is 6.26 Å². The highest BCUT2D eigenvalue weighted by Crippen LogP contribution is 2.22. The molecule has 0 N–H and O–H groups in total. The third-order valence-corrected chi connectivity index (χ3v) is 4.30. The summed E-state index contributed by atoms with van der Waals surface area (Å²) in [6.07, 6.45) is 7.08. The number of rotatable bonds is 5. The first-order valence-corrected chi connectivity index (χ1v) is 8.10. The molecule has 0 aromatic carbocycles. The first-order chi connectivity index (χ1) is 11.2. The predicted octanol–water partition coefficient (Wildman–Crippen LogP) is 2.28. The van der Waals surface area contributed by atoms with Crippen LogP contribution in [0.25, 0.3) is 11.7 Å². The van der Waals surface area contributed by atoms with E-state index >= 15 is 0 Å². The molecule has 0 radical (unpaired) electrons. The molecule has 1 fully saturated rings. The maximum absolute atomic E-state index is 12.6. The fraction of sp³-hybridized carbons (Fsp3) is 0.562. The maximum atomic E-state index is 12.6. The third-order valence-electron chi connectivity index (χ3n) is 4.30. The van der Waals surface area contributed by atoms with E-state index in [4.69, 9.17) is 8.83 Å². The minimum Gasteiger partial charge on any atom is -0.459 e. The minimum atomic E-state index is -0.649. The highest BCUT2D eigenvalue weighted by atomic mass is 16.4. The van der Waals surface area contributed by atoms with Crippen molar-refractivity contribution in [2.24, 2.45) is 0 Å². The average Bonchev–Trinajstić information content (AvgIpc) is 3.20. The summed E-state index contributed by atoms with van der Waals surface area (Å²) in [6, 6.07) is 3.60. The van der Waals surface area contributed by atoms with E-state index in [2.05, 4.69) is 5.10 Å². The van der Waals surface area contributed by atoms with Gasteiger partial charge in [0.15, 0.2) is 5.76 Å². The van der Waals surface area contributed by atoms with Crippen LogP contribution in [0.15, 0.2) is 32.0 Å². The van der Waals surface area contributed by atoms with Crippen LogP contribution in [0.4, 0.5) is 0 Å². The summed E-state index contributed by atoms with van der Waals surface area (Å²) >= 11 is 0. The van der Waals surface area contributed by atoms with Crippen LogP contribution >= 0.6 is 0 Å². The molecule has 0 unspecified atom stereocenters. The Morgan fingerprint density at radius 3 is 2.83 bits per heavy atom. The molecule has 2 aromatic heterocycles. The molecule has 3 rings (SSSR count). The number of likely N-dealkylation sites (N-methyl/N-ethyl adjacent to an activating group) is 1. The van der Waals surface area contributed by atoms with Crippen molar-refractivity contribution >= 4 is 5.91 Å². The van der Waals surface area contributed by atoms with Gasteiger partial charge in [-0.2, -0.15) is 4.68 Å². The summed E-state index contributed by atoms with van der Waals surface area (Å²) in [7, 11) is 0. The van der Waals surface area contributed by atoms with E-state index in [0.717, 1.165) is 30.4 Å². The molecule has 2 heterocycles. The molecule has 0 spiro atoms. The molecule has 124 valence electrons. The molecular formula is C16H21N3O4.